The quantitative estimate of drug-likeness (QED) is 0.688. The zero-order valence-corrected chi connectivity index (χ0v) is 11.9. The second-order valence-corrected chi connectivity index (χ2v) is 4.76. The first-order chi connectivity index (χ1) is 9.06. The predicted molar refractivity (Wildman–Crippen MR) is 71.6 cm³/mol. The topological polar surface area (TPSA) is 64.4 Å². The van der Waals surface area contributed by atoms with E-state index >= 15 is 0 Å². The number of nitrogens with zero attached hydrogens (tertiary/aromatic N) is 3. The second-order valence-electron chi connectivity index (χ2n) is 4.76. The molecule has 1 heterocycles. The summed E-state index contributed by atoms with van der Waals surface area (Å²) < 4.78 is 0. The van der Waals surface area contributed by atoms with Gasteiger partial charge in [-0.05, 0) is 25.3 Å². The molecule has 104 valence electrons. The lowest BCUT2D eigenvalue weighted by Gasteiger charge is -2.35. The molecule has 1 aliphatic rings. The van der Waals surface area contributed by atoms with E-state index in [9.17, 15) is 9.59 Å². The van der Waals surface area contributed by atoms with Gasteiger partial charge in [-0.1, -0.05) is 20.3 Å². The second kappa shape index (κ2) is 7.05. The van der Waals surface area contributed by atoms with Crippen molar-refractivity contribution in [2.24, 2.45) is 0 Å². The highest BCUT2D eigenvalue weighted by Crippen LogP contribution is 2.21. The van der Waals surface area contributed by atoms with Gasteiger partial charge < -0.3 is 0 Å². The molecule has 0 aromatic carbocycles. The maximum absolute atomic E-state index is 12.2. The molecule has 0 unspecified atom stereocenters. The Morgan fingerprint density at radius 2 is 1.95 bits per heavy atom. The van der Waals surface area contributed by atoms with Gasteiger partial charge in [-0.15, -0.1) is 0 Å². The normalized spacial score (nSPS) is 16.3. The van der Waals surface area contributed by atoms with Crippen LogP contribution >= 0.6 is 0 Å². The summed E-state index contributed by atoms with van der Waals surface area (Å²) in [6.07, 6.45) is 2.92. The summed E-state index contributed by atoms with van der Waals surface area (Å²) in [7, 11) is 0. The Morgan fingerprint density at radius 1 is 1.26 bits per heavy atom. The summed E-state index contributed by atoms with van der Waals surface area (Å²) in [5.74, 6) is -0.702. The summed E-state index contributed by atoms with van der Waals surface area (Å²) in [5.41, 5.74) is 0.679. The molecule has 0 bridgehead atoms. The van der Waals surface area contributed by atoms with Crippen LogP contribution in [0.4, 0.5) is 0 Å². The van der Waals surface area contributed by atoms with Crippen molar-refractivity contribution < 1.29 is 9.59 Å². The number of imide groups is 1. The van der Waals surface area contributed by atoms with Crippen LogP contribution in [0.2, 0.25) is 0 Å². The van der Waals surface area contributed by atoms with E-state index < -0.39 is 5.91 Å². The average molecular weight is 263 g/mol. The van der Waals surface area contributed by atoms with Crippen LogP contribution in [0.1, 0.15) is 46.5 Å². The monoisotopic (exact) mass is 263 g/mol. The Labute approximate surface area is 114 Å². The van der Waals surface area contributed by atoms with E-state index in [2.05, 4.69) is 6.92 Å². The number of amides is 2. The number of hydrogen-bond acceptors (Lipinski definition) is 4. The molecule has 0 aliphatic carbocycles. The standard InChI is InChI=1S/C14H21N3O2/c1-4-6-8-16(7-5-2)17-13(18)9-11(3)12(10-15)14(17)19/h4-9H2,1-3H3. The van der Waals surface area contributed by atoms with E-state index in [0.29, 0.717) is 18.7 Å². The van der Waals surface area contributed by atoms with Crippen LogP contribution in [0.5, 0.6) is 0 Å². The third-order valence-electron chi connectivity index (χ3n) is 3.13. The van der Waals surface area contributed by atoms with Gasteiger partial charge >= 0.3 is 0 Å². The number of rotatable bonds is 6. The molecule has 0 saturated carbocycles. The van der Waals surface area contributed by atoms with Crippen molar-refractivity contribution in [1.82, 2.24) is 10.0 Å². The van der Waals surface area contributed by atoms with Crippen LogP contribution < -0.4 is 0 Å². The van der Waals surface area contributed by atoms with Crippen molar-refractivity contribution in [3.8, 4) is 6.07 Å². The van der Waals surface area contributed by atoms with E-state index in [1.54, 1.807) is 11.9 Å². The minimum Gasteiger partial charge on any atom is -0.273 e. The van der Waals surface area contributed by atoms with Crippen molar-refractivity contribution >= 4 is 11.8 Å². The molecule has 0 aromatic rings. The van der Waals surface area contributed by atoms with Gasteiger partial charge in [-0.25, -0.2) is 10.0 Å². The summed E-state index contributed by atoms with van der Waals surface area (Å²) in [4.78, 5) is 24.3. The molecule has 0 fully saturated rings. The van der Waals surface area contributed by atoms with Gasteiger partial charge in [0.05, 0.1) is 6.42 Å². The molecule has 0 aromatic heterocycles. The highest BCUT2D eigenvalue weighted by Gasteiger charge is 2.35. The molecule has 2 amide bonds. The van der Waals surface area contributed by atoms with Gasteiger partial charge in [0.25, 0.3) is 5.91 Å². The summed E-state index contributed by atoms with van der Waals surface area (Å²) in [6.45, 7) is 7.05. The summed E-state index contributed by atoms with van der Waals surface area (Å²) in [5, 5.41) is 12.0. The van der Waals surface area contributed by atoms with Crippen molar-refractivity contribution in [3.05, 3.63) is 11.1 Å². The Balaban J connectivity index is 2.99. The first kappa shape index (κ1) is 15.4. The Bertz CT molecular complexity index is 434. The lowest BCUT2D eigenvalue weighted by atomic mass is 10.0. The highest BCUT2D eigenvalue weighted by molar-refractivity contribution is 6.10. The molecule has 0 N–H and O–H groups in total. The number of hydrogen-bond donors (Lipinski definition) is 0. The molecule has 1 aliphatic heterocycles. The number of hydrazine groups is 1. The molecule has 1 rings (SSSR count). The number of carbonyl (C=O) groups is 2. The first-order valence-corrected chi connectivity index (χ1v) is 6.78. The highest BCUT2D eigenvalue weighted by atomic mass is 16.2. The Hall–Kier alpha value is -1.67. The van der Waals surface area contributed by atoms with Crippen molar-refractivity contribution in [3.63, 3.8) is 0 Å². The van der Waals surface area contributed by atoms with Crippen molar-refractivity contribution in [1.29, 1.82) is 5.26 Å². The fraction of sp³-hybridized carbons (Fsp3) is 0.643. The molecule has 0 radical (unpaired) electrons. The van der Waals surface area contributed by atoms with Gasteiger partial charge in [0.1, 0.15) is 11.6 Å². The van der Waals surface area contributed by atoms with Gasteiger partial charge in [-0.3, -0.25) is 9.59 Å². The van der Waals surface area contributed by atoms with E-state index in [0.717, 1.165) is 19.3 Å². The minimum atomic E-state index is -0.471. The van der Waals surface area contributed by atoms with Crippen LogP contribution in [0, 0.1) is 11.3 Å². The third-order valence-corrected chi connectivity index (χ3v) is 3.13. The zero-order chi connectivity index (χ0) is 14.4. The van der Waals surface area contributed by atoms with Gasteiger partial charge in [0.15, 0.2) is 0 Å². The van der Waals surface area contributed by atoms with Crippen LogP contribution in [-0.4, -0.2) is 34.9 Å². The molecular formula is C14H21N3O2. The van der Waals surface area contributed by atoms with E-state index in [-0.39, 0.29) is 17.9 Å². The van der Waals surface area contributed by atoms with Crippen LogP contribution in [-0.2, 0) is 9.59 Å². The maximum atomic E-state index is 12.2. The van der Waals surface area contributed by atoms with Crippen LogP contribution in [0.3, 0.4) is 0 Å². The van der Waals surface area contributed by atoms with Crippen LogP contribution in [0.25, 0.3) is 0 Å². The minimum absolute atomic E-state index is 0.109. The lowest BCUT2D eigenvalue weighted by Crippen LogP contribution is -2.53. The van der Waals surface area contributed by atoms with E-state index in [1.165, 1.54) is 5.01 Å². The fourth-order valence-corrected chi connectivity index (χ4v) is 2.13. The SMILES string of the molecule is CCCCN(CCC)N1C(=O)CC(C)=C(C#N)C1=O. The molecule has 0 atom stereocenters. The number of nitriles is 1. The molecule has 0 saturated heterocycles. The largest absolute Gasteiger partial charge is 0.285 e. The Morgan fingerprint density at radius 3 is 2.47 bits per heavy atom. The van der Waals surface area contributed by atoms with Crippen LogP contribution in [0.15, 0.2) is 11.1 Å². The zero-order valence-electron chi connectivity index (χ0n) is 11.9. The average Bonchev–Trinajstić information content (AvgIpc) is 2.35. The fourth-order valence-electron chi connectivity index (χ4n) is 2.13. The van der Waals surface area contributed by atoms with E-state index in [4.69, 9.17) is 5.26 Å². The number of carbonyl (C=O) groups excluding carboxylic acids is 2. The third kappa shape index (κ3) is 3.42. The van der Waals surface area contributed by atoms with Crippen molar-refractivity contribution in [2.45, 2.75) is 46.5 Å². The molecule has 0 spiro atoms. The lowest BCUT2D eigenvalue weighted by molar-refractivity contribution is -0.162. The molecular weight excluding hydrogens is 242 g/mol. The first-order valence-electron chi connectivity index (χ1n) is 6.78. The maximum Gasteiger partial charge on any atom is 0.285 e. The molecule has 19 heavy (non-hydrogen) atoms. The smallest absolute Gasteiger partial charge is 0.273 e. The van der Waals surface area contributed by atoms with Gasteiger partial charge in [0, 0.05) is 13.1 Å². The Kier molecular flexibility index (Phi) is 5.71. The van der Waals surface area contributed by atoms with E-state index in [1.807, 2.05) is 13.0 Å². The van der Waals surface area contributed by atoms with Gasteiger partial charge in [0.2, 0.25) is 5.91 Å². The molecule has 5 heteroatoms. The summed E-state index contributed by atoms with van der Waals surface area (Å²) in [6, 6.07) is 1.92. The summed E-state index contributed by atoms with van der Waals surface area (Å²) >= 11 is 0. The molecule has 5 nitrogen and oxygen atoms in total. The predicted octanol–water partition coefficient (Wildman–Crippen LogP) is 2.01. The van der Waals surface area contributed by atoms with Gasteiger partial charge in [-0.2, -0.15) is 5.26 Å². The van der Waals surface area contributed by atoms with Crippen molar-refractivity contribution in [2.75, 3.05) is 13.1 Å². The number of unbranched alkanes of at least 4 members (excludes halogenated alkanes) is 1.